The van der Waals surface area contributed by atoms with Gasteiger partial charge in [0, 0.05) is 21.8 Å². The SMILES string of the molecule is Cc1cc(NC(=O)c2cccc(COc3cccc(Br)c3)c2)nn1Cc1ccccc1. The quantitative estimate of drug-likeness (QED) is 0.365. The zero-order valence-electron chi connectivity index (χ0n) is 17.1. The average molecular weight is 476 g/mol. The number of amides is 1. The predicted octanol–water partition coefficient (Wildman–Crippen LogP) is 5.83. The van der Waals surface area contributed by atoms with E-state index in [1.54, 1.807) is 6.07 Å². The third-order valence-electron chi connectivity index (χ3n) is 4.79. The summed E-state index contributed by atoms with van der Waals surface area (Å²) in [7, 11) is 0. The van der Waals surface area contributed by atoms with Crippen molar-refractivity contribution < 1.29 is 9.53 Å². The minimum atomic E-state index is -0.200. The smallest absolute Gasteiger partial charge is 0.256 e. The number of anilines is 1. The van der Waals surface area contributed by atoms with Crippen molar-refractivity contribution in [2.75, 3.05) is 5.32 Å². The summed E-state index contributed by atoms with van der Waals surface area (Å²) >= 11 is 3.44. The van der Waals surface area contributed by atoms with E-state index in [-0.39, 0.29) is 5.91 Å². The van der Waals surface area contributed by atoms with E-state index in [1.807, 2.05) is 78.3 Å². The number of nitrogens with zero attached hydrogens (tertiary/aromatic N) is 2. The zero-order valence-corrected chi connectivity index (χ0v) is 18.7. The first-order valence-electron chi connectivity index (χ1n) is 9.94. The number of hydrogen-bond acceptors (Lipinski definition) is 3. The van der Waals surface area contributed by atoms with Crippen LogP contribution in [0.25, 0.3) is 0 Å². The highest BCUT2D eigenvalue weighted by atomic mass is 79.9. The molecule has 0 unspecified atom stereocenters. The van der Waals surface area contributed by atoms with Crippen LogP contribution in [0.3, 0.4) is 0 Å². The lowest BCUT2D eigenvalue weighted by molar-refractivity contribution is 0.102. The lowest BCUT2D eigenvalue weighted by Crippen LogP contribution is -2.13. The number of aryl methyl sites for hydroxylation is 1. The van der Waals surface area contributed by atoms with E-state index in [0.717, 1.165) is 27.0 Å². The molecule has 4 aromatic rings. The maximum Gasteiger partial charge on any atom is 0.256 e. The number of benzene rings is 3. The lowest BCUT2D eigenvalue weighted by Gasteiger charge is -2.08. The molecule has 156 valence electrons. The van der Waals surface area contributed by atoms with Crippen molar-refractivity contribution in [3.05, 3.63) is 112 Å². The maximum atomic E-state index is 12.8. The molecule has 0 saturated carbocycles. The van der Waals surface area contributed by atoms with Crippen LogP contribution >= 0.6 is 15.9 Å². The Balaban J connectivity index is 1.41. The Morgan fingerprint density at radius 1 is 0.968 bits per heavy atom. The van der Waals surface area contributed by atoms with Crippen molar-refractivity contribution in [2.45, 2.75) is 20.1 Å². The van der Waals surface area contributed by atoms with E-state index in [1.165, 1.54) is 0 Å². The van der Waals surface area contributed by atoms with Crippen LogP contribution in [0.1, 0.15) is 27.2 Å². The summed E-state index contributed by atoms with van der Waals surface area (Å²) in [5.74, 6) is 1.10. The Morgan fingerprint density at radius 2 is 1.74 bits per heavy atom. The number of ether oxygens (including phenoxy) is 1. The summed E-state index contributed by atoms with van der Waals surface area (Å²) in [6.07, 6.45) is 0. The van der Waals surface area contributed by atoms with Gasteiger partial charge in [-0.3, -0.25) is 9.48 Å². The maximum absolute atomic E-state index is 12.8. The van der Waals surface area contributed by atoms with Gasteiger partial charge >= 0.3 is 0 Å². The Bertz CT molecular complexity index is 1190. The van der Waals surface area contributed by atoms with Crippen LogP contribution in [0, 0.1) is 6.92 Å². The summed E-state index contributed by atoms with van der Waals surface area (Å²) in [5.41, 5.74) is 3.61. The molecule has 0 spiro atoms. The van der Waals surface area contributed by atoms with Gasteiger partial charge < -0.3 is 10.1 Å². The fraction of sp³-hybridized carbons (Fsp3) is 0.120. The van der Waals surface area contributed by atoms with Gasteiger partial charge in [-0.05, 0) is 48.4 Å². The highest BCUT2D eigenvalue weighted by Crippen LogP contribution is 2.19. The largest absolute Gasteiger partial charge is 0.489 e. The first-order chi connectivity index (χ1) is 15.1. The van der Waals surface area contributed by atoms with Crippen molar-refractivity contribution in [1.29, 1.82) is 0 Å². The van der Waals surface area contributed by atoms with E-state index in [0.29, 0.717) is 24.5 Å². The van der Waals surface area contributed by atoms with E-state index in [2.05, 4.69) is 38.5 Å². The second-order valence-electron chi connectivity index (χ2n) is 7.21. The third kappa shape index (κ3) is 5.61. The average Bonchev–Trinajstić information content (AvgIpc) is 3.11. The highest BCUT2D eigenvalue weighted by Gasteiger charge is 2.11. The number of carbonyl (C=O) groups is 1. The molecule has 0 atom stereocenters. The van der Waals surface area contributed by atoms with Crippen molar-refractivity contribution in [3.63, 3.8) is 0 Å². The van der Waals surface area contributed by atoms with Gasteiger partial charge in [0.2, 0.25) is 0 Å². The van der Waals surface area contributed by atoms with Gasteiger partial charge in [0.25, 0.3) is 5.91 Å². The fourth-order valence-electron chi connectivity index (χ4n) is 3.20. The number of halogens is 1. The van der Waals surface area contributed by atoms with Crippen LogP contribution in [0.15, 0.2) is 89.4 Å². The Labute approximate surface area is 189 Å². The van der Waals surface area contributed by atoms with Gasteiger partial charge in [-0.1, -0.05) is 64.5 Å². The number of nitrogens with one attached hydrogen (secondary N) is 1. The molecule has 3 aromatic carbocycles. The molecule has 6 heteroatoms. The molecule has 0 aliphatic carbocycles. The van der Waals surface area contributed by atoms with E-state index < -0.39 is 0 Å². The standard InChI is InChI=1S/C25H22BrN3O2/c1-18-13-24(28-29(18)16-19-7-3-2-4-8-19)27-25(30)21-10-5-9-20(14-21)17-31-23-12-6-11-22(26)15-23/h2-15H,16-17H2,1H3,(H,27,28,30). The van der Waals surface area contributed by atoms with Crippen LogP contribution in [0.5, 0.6) is 5.75 Å². The summed E-state index contributed by atoms with van der Waals surface area (Å²) < 4.78 is 8.66. The van der Waals surface area contributed by atoms with E-state index in [4.69, 9.17) is 4.74 Å². The van der Waals surface area contributed by atoms with Crippen LogP contribution in [0.4, 0.5) is 5.82 Å². The molecule has 1 aromatic heterocycles. The van der Waals surface area contributed by atoms with Gasteiger partial charge in [-0.15, -0.1) is 0 Å². The summed E-state index contributed by atoms with van der Waals surface area (Å²) in [5, 5.41) is 7.43. The van der Waals surface area contributed by atoms with E-state index in [9.17, 15) is 4.79 Å². The van der Waals surface area contributed by atoms with Crippen molar-refractivity contribution in [2.24, 2.45) is 0 Å². The third-order valence-corrected chi connectivity index (χ3v) is 5.28. The van der Waals surface area contributed by atoms with E-state index >= 15 is 0 Å². The molecule has 1 N–H and O–H groups in total. The summed E-state index contributed by atoms with van der Waals surface area (Å²) in [4.78, 5) is 12.8. The molecule has 0 aliphatic heterocycles. The van der Waals surface area contributed by atoms with Gasteiger partial charge in [0.05, 0.1) is 6.54 Å². The molecule has 0 aliphatic rings. The molecule has 0 bridgehead atoms. The van der Waals surface area contributed by atoms with Crippen LogP contribution in [-0.4, -0.2) is 15.7 Å². The predicted molar refractivity (Wildman–Crippen MR) is 125 cm³/mol. The van der Waals surface area contributed by atoms with Gasteiger partial charge in [0.15, 0.2) is 5.82 Å². The minimum absolute atomic E-state index is 0.200. The van der Waals surface area contributed by atoms with Gasteiger partial charge in [0.1, 0.15) is 12.4 Å². The number of hydrogen-bond donors (Lipinski definition) is 1. The molecular formula is C25H22BrN3O2. The summed E-state index contributed by atoms with van der Waals surface area (Å²) in [6.45, 7) is 3.01. The second-order valence-corrected chi connectivity index (χ2v) is 8.13. The molecule has 0 saturated heterocycles. The van der Waals surface area contributed by atoms with Crippen molar-refractivity contribution in [1.82, 2.24) is 9.78 Å². The molecule has 4 rings (SSSR count). The van der Waals surface area contributed by atoms with Crippen LogP contribution in [0.2, 0.25) is 0 Å². The molecular weight excluding hydrogens is 454 g/mol. The topological polar surface area (TPSA) is 56.1 Å². The number of rotatable bonds is 7. The van der Waals surface area contributed by atoms with Crippen LogP contribution < -0.4 is 10.1 Å². The normalized spacial score (nSPS) is 10.6. The Morgan fingerprint density at radius 3 is 2.55 bits per heavy atom. The van der Waals surface area contributed by atoms with Crippen molar-refractivity contribution >= 4 is 27.7 Å². The molecule has 5 nitrogen and oxygen atoms in total. The highest BCUT2D eigenvalue weighted by molar-refractivity contribution is 9.10. The fourth-order valence-corrected chi connectivity index (χ4v) is 3.58. The molecule has 1 heterocycles. The van der Waals surface area contributed by atoms with Gasteiger partial charge in [-0.25, -0.2) is 0 Å². The zero-order chi connectivity index (χ0) is 21.6. The minimum Gasteiger partial charge on any atom is -0.489 e. The molecule has 1 amide bonds. The second kappa shape index (κ2) is 9.62. The lowest BCUT2D eigenvalue weighted by atomic mass is 10.1. The van der Waals surface area contributed by atoms with Gasteiger partial charge in [-0.2, -0.15) is 5.10 Å². The Kier molecular flexibility index (Phi) is 6.48. The number of carbonyl (C=O) groups excluding carboxylic acids is 1. The monoisotopic (exact) mass is 475 g/mol. The first-order valence-corrected chi connectivity index (χ1v) is 10.7. The molecule has 31 heavy (non-hydrogen) atoms. The van der Waals surface area contributed by atoms with Crippen molar-refractivity contribution in [3.8, 4) is 5.75 Å². The molecule has 0 radical (unpaired) electrons. The van der Waals surface area contributed by atoms with Crippen LogP contribution in [-0.2, 0) is 13.2 Å². The Hall–Kier alpha value is -3.38. The summed E-state index contributed by atoms with van der Waals surface area (Å²) in [6, 6.07) is 27.1. The number of aromatic nitrogens is 2. The first kappa shape index (κ1) is 20.9. The molecule has 0 fully saturated rings.